The first-order valence-electron chi connectivity index (χ1n) is 6.67. The molecule has 0 spiro atoms. The lowest BCUT2D eigenvalue weighted by atomic mass is 10.0. The molecule has 4 N–H and O–H groups in total. The molecular weight excluding hydrogens is 232 g/mol. The Morgan fingerprint density at radius 2 is 1.83 bits per heavy atom. The molecule has 1 amide bonds. The Hall–Kier alpha value is -1.10. The first-order chi connectivity index (χ1) is 8.38. The highest BCUT2D eigenvalue weighted by atomic mass is 16.4. The minimum absolute atomic E-state index is 0.0430. The third kappa shape index (κ3) is 7.27. The third-order valence-electron chi connectivity index (χ3n) is 3.02. The summed E-state index contributed by atoms with van der Waals surface area (Å²) in [5.41, 5.74) is 5.70. The highest BCUT2D eigenvalue weighted by Crippen LogP contribution is 2.09. The molecule has 0 aromatic rings. The zero-order valence-electron chi connectivity index (χ0n) is 11.6. The molecule has 5 nitrogen and oxygen atoms in total. The van der Waals surface area contributed by atoms with Gasteiger partial charge in [0.15, 0.2) is 0 Å². The Morgan fingerprint density at radius 3 is 2.33 bits per heavy atom. The van der Waals surface area contributed by atoms with Gasteiger partial charge >= 0.3 is 5.97 Å². The fraction of sp³-hybridized carbons (Fsp3) is 0.846. The molecule has 0 aliphatic carbocycles. The van der Waals surface area contributed by atoms with Crippen LogP contribution in [0, 0.1) is 5.92 Å². The molecule has 0 fully saturated rings. The second kappa shape index (κ2) is 8.91. The molecule has 0 radical (unpaired) electrons. The Labute approximate surface area is 109 Å². The van der Waals surface area contributed by atoms with Crippen LogP contribution in [0.3, 0.4) is 0 Å². The number of hydrogen-bond donors (Lipinski definition) is 3. The Morgan fingerprint density at radius 1 is 1.22 bits per heavy atom. The zero-order valence-corrected chi connectivity index (χ0v) is 11.6. The summed E-state index contributed by atoms with van der Waals surface area (Å²) >= 11 is 0. The summed E-state index contributed by atoms with van der Waals surface area (Å²) in [5.74, 6) is -1.21. The SMILES string of the molecule is CCC[C@@H](N)C(=O)NC(C)CCCC(C)C(=O)O. The van der Waals surface area contributed by atoms with Crippen LogP contribution >= 0.6 is 0 Å². The third-order valence-corrected chi connectivity index (χ3v) is 3.02. The lowest BCUT2D eigenvalue weighted by Gasteiger charge is -2.17. The number of carboxylic acid groups (broad SMARTS) is 1. The average molecular weight is 258 g/mol. The molecule has 106 valence electrons. The van der Waals surface area contributed by atoms with Gasteiger partial charge in [0.05, 0.1) is 12.0 Å². The van der Waals surface area contributed by atoms with Crippen LogP contribution in [0.1, 0.15) is 52.9 Å². The summed E-state index contributed by atoms with van der Waals surface area (Å²) in [6, 6.07) is -0.392. The van der Waals surface area contributed by atoms with Crippen LogP contribution in [0.15, 0.2) is 0 Å². The number of aliphatic carboxylic acids is 1. The number of carboxylic acids is 1. The molecule has 0 aromatic carbocycles. The van der Waals surface area contributed by atoms with Crippen molar-refractivity contribution in [3.05, 3.63) is 0 Å². The van der Waals surface area contributed by atoms with Crippen molar-refractivity contribution in [2.24, 2.45) is 11.7 Å². The van der Waals surface area contributed by atoms with E-state index in [1.54, 1.807) is 6.92 Å². The van der Waals surface area contributed by atoms with E-state index in [1.165, 1.54) is 0 Å². The van der Waals surface area contributed by atoms with E-state index in [4.69, 9.17) is 10.8 Å². The summed E-state index contributed by atoms with van der Waals surface area (Å²) in [4.78, 5) is 22.2. The monoisotopic (exact) mass is 258 g/mol. The van der Waals surface area contributed by atoms with E-state index in [9.17, 15) is 9.59 Å². The highest BCUT2D eigenvalue weighted by molar-refractivity contribution is 5.81. The topological polar surface area (TPSA) is 92.4 Å². The largest absolute Gasteiger partial charge is 0.481 e. The van der Waals surface area contributed by atoms with Crippen LogP contribution in [-0.4, -0.2) is 29.1 Å². The number of carbonyl (C=O) groups excluding carboxylic acids is 1. The molecule has 18 heavy (non-hydrogen) atoms. The number of nitrogens with one attached hydrogen (secondary N) is 1. The van der Waals surface area contributed by atoms with E-state index in [1.807, 2.05) is 13.8 Å². The lowest BCUT2D eigenvalue weighted by Crippen LogP contribution is -2.44. The highest BCUT2D eigenvalue weighted by Gasteiger charge is 2.15. The molecule has 0 aromatic heterocycles. The quantitative estimate of drug-likeness (QED) is 0.584. The van der Waals surface area contributed by atoms with Crippen LogP contribution in [0.5, 0.6) is 0 Å². The van der Waals surface area contributed by atoms with Crippen LogP contribution in [0.2, 0.25) is 0 Å². The average Bonchev–Trinajstić information content (AvgIpc) is 2.28. The number of nitrogens with two attached hydrogens (primary N) is 1. The summed E-state index contributed by atoms with van der Waals surface area (Å²) in [6.07, 6.45) is 3.78. The van der Waals surface area contributed by atoms with Gasteiger partial charge in [0, 0.05) is 6.04 Å². The molecule has 0 rings (SSSR count). The van der Waals surface area contributed by atoms with E-state index in [2.05, 4.69) is 5.32 Å². The minimum atomic E-state index is -0.767. The fourth-order valence-corrected chi connectivity index (χ4v) is 1.72. The Kier molecular flexibility index (Phi) is 8.37. The van der Waals surface area contributed by atoms with Gasteiger partial charge in [-0.3, -0.25) is 9.59 Å². The maximum absolute atomic E-state index is 11.6. The van der Waals surface area contributed by atoms with Crippen molar-refractivity contribution in [3.63, 3.8) is 0 Å². The summed E-state index contributed by atoms with van der Waals surface area (Å²) < 4.78 is 0. The lowest BCUT2D eigenvalue weighted by molar-refractivity contribution is -0.141. The van der Waals surface area contributed by atoms with Crippen molar-refractivity contribution in [2.75, 3.05) is 0 Å². The summed E-state index contributed by atoms with van der Waals surface area (Å²) in [5, 5.41) is 11.6. The van der Waals surface area contributed by atoms with Gasteiger partial charge in [-0.25, -0.2) is 0 Å². The van der Waals surface area contributed by atoms with Crippen molar-refractivity contribution in [1.29, 1.82) is 0 Å². The predicted octanol–water partition coefficient (Wildman–Crippen LogP) is 1.51. The van der Waals surface area contributed by atoms with Gasteiger partial charge in [-0.05, 0) is 26.2 Å². The molecule has 0 bridgehead atoms. The molecule has 3 atom stereocenters. The maximum Gasteiger partial charge on any atom is 0.306 e. The van der Waals surface area contributed by atoms with Crippen LogP contribution < -0.4 is 11.1 Å². The van der Waals surface area contributed by atoms with Gasteiger partial charge in [-0.15, -0.1) is 0 Å². The summed E-state index contributed by atoms with van der Waals surface area (Å²) in [7, 11) is 0. The van der Waals surface area contributed by atoms with Crippen molar-refractivity contribution < 1.29 is 14.7 Å². The fourth-order valence-electron chi connectivity index (χ4n) is 1.72. The van der Waals surface area contributed by atoms with Crippen LogP contribution in [-0.2, 0) is 9.59 Å². The van der Waals surface area contributed by atoms with Gasteiger partial charge in [0.2, 0.25) is 5.91 Å². The van der Waals surface area contributed by atoms with E-state index in [0.29, 0.717) is 12.8 Å². The molecule has 0 saturated heterocycles. The summed E-state index contributed by atoms with van der Waals surface area (Å²) in [6.45, 7) is 5.61. The Balaban J connectivity index is 3.80. The van der Waals surface area contributed by atoms with Gasteiger partial charge < -0.3 is 16.2 Å². The van der Waals surface area contributed by atoms with Gasteiger partial charge in [0.25, 0.3) is 0 Å². The predicted molar refractivity (Wildman–Crippen MR) is 71.1 cm³/mol. The van der Waals surface area contributed by atoms with Crippen LogP contribution in [0.4, 0.5) is 0 Å². The molecule has 5 heteroatoms. The van der Waals surface area contributed by atoms with Crippen molar-refractivity contribution in [2.45, 2.75) is 65.0 Å². The molecule has 0 aliphatic rings. The van der Waals surface area contributed by atoms with Gasteiger partial charge in [-0.2, -0.15) is 0 Å². The Bertz CT molecular complexity index is 269. The number of amides is 1. The molecular formula is C13H26N2O3. The van der Waals surface area contributed by atoms with Gasteiger partial charge in [-0.1, -0.05) is 26.7 Å². The molecule has 0 aliphatic heterocycles. The molecule has 0 saturated carbocycles. The number of hydrogen-bond acceptors (Lipinski definition) is 3. The first kappa shape index (κ1) is 16.9. The zero-order chi connectivity index (χ0) is 14.1. The second-order valence-electron chi connectivity index (χ2n) is 4.97. The normalized spacial score (nSPS) is 15.8. The maximum atomic E-state index is 11.6. The van der Waals surface area contributed by atoms with Crippen molar-refractivity contribution in [1.82, 2.24) is 5.32 Å². The van der Waals surface area contributed by atoms with Crippen LogP contribution in [0.25, 0.3) is 0 Å². The first-order valence-corrected chi connectivity index (χ1v) is 6.67. The molecule has 2 unspecified atom stereocenters. The minimum Gasteiger partial charge on any atom is -0.481 e. The smallest absolute Gasteiger partial charge is 0.306 e. The van der Waals surface area contributed by atoms with E-state index < -0.39 is 12.0 Å². The van der Waals surface area contributed by atoms with Gasteiger partial charge in [0.1, 0.15) is 0 Å². The standard InChI is InChI=1S/C13H26N2O3/c1-4-6-11(14)12(16)15-10(3)8-5-7-9(2)13(17)18/h9-11H,4-8,14H2,1-3H3,(H,15,16)(H,17,18)/t9?,10?,11-/m1/s1. The number of carbonyl (C=O) groups is 2. The van der Waals surface area contributed by atoms with E-state index >= 15 is 0 Å². The van der Waals surface area contributed by atoms with Crippen molar-refractivity contribution >= 4 is 11.9 Å². The van der Waals surface area contributed by atoms with E-state index in [0.717, 1.165) is 19.3 Å². The number of rotatable bonds is 9. The molecule has 0 heterocycles. The van der Waals surface area contributed by atoms with E-state index in [-0.39, 0.29) is 17.9 Å². The van der Waals surface area contributed by atoms with Crippen molar-refractivity contribution in [3.8, 4) is 0 Å². The second-order valence-corrected chi connectivity index (χ2v) is 4.97.